The number of allylic oxidation sites excluding steroid dienone is 1. The van der Waals surface area contributed by atoms with Gasteiger partial charge in [-0.05, 0) is 78.4 Å². The maximum atomic E-state index is 11.2. The normalized spacial score (nSPS) is 13.2. The van der Waals surface area contributed by atoms with E-state index in [9.17, 15) is 15.0 Å². The number of aliphatic hydroxyl groups excluding tert-OH is 1. The largest absolute Gasteiger partial charge is 0.491 e. The summed E-state index contributed by atoms with van der Waals surface area (Å²) in [6.07, 6.45) is 2.42. The van der Waals surface area contributed by atoms with Crippen LogP contribution in [0.4, 0.5) is 5.69 Å². The van der Waals surface area contributed by atoms with Gasteiger partial charge in [0.25, 0.3) is 0 Å². The van der Waals surface area contributed by atoms with Crippen LogP contribution in [0.5, 0.6) is 5.75 Å². The van der Waals surface area contributed by atoms with E-state index < -0.39 is 5.97 Å². The summed E-state index contributed by atoms with van der Waals surface area (Å²) in [4.78, 5) is 13.6. The highest BCUT2D eigenvalue weighted by molar-refractivity contribution is 5.89. The van der Waals surface area contributed by atoms with E-state index in [0.717, 1.165) is 46.5 Å². The van der Waals surface area contributed by atoms with Crippen LogP contribution >= 0.6 is 0 Å². The lowest BCUT2D eigenvalue weighted by Gasteiger charge is -2.23. The van der Waals surface area contributed by atoms with E-state index in [1.165, 1.54) is 18.5 Å². The topological polar surface area (TPSA) is 70.0 Å². The molecular formula is C28H29NO4. The summed E-state index contributed by atoms with van der Waals surface area (Å²) in [7, 11) is 0. The van der Waals surface area contributed by atoms with E-state index in [1.807, 2.05) is 31.2 Å². The first kappa shape index (κ1) is 22.6. The van der Waals surface area contributed by atoms with E-state index in [-0.39, 0.29) is 18.8 Å². The molecular weight excluding hydrogens is 414 g/mol. The molecule has 1 saturated heterocycles. The molecule has 0 unspecified atom stereocenters. The minimum Gasteiger partial charge on any atom is -0.491 e. The molecule has 5 heteroatoms. The fraction of sp³-hybridized carbons (Fsp3) is 0.250. The third-order valence-electron chi connectivity index (χ3n) is 6.01. The van der Waals surface area contributed by atoms with Gasteiger partial charge in [0.15, 0.2) is 0 Å². The van der Waals surface area contributed by atoms with Crippen LogP contribution in [0.15, 0.2) is 67.2 Å². The van der Waals surface area contributed by atoms with Crippen LogP contribution < -0.4 is 9.64 Å². The van der Waals surface area contributed by atoms with Crippen molar-refractivity contribution in [1.82, 2.24) is 0 Å². The summed E-state index contributed by atoms with van der Waals surface area (Å²) in [5, 5.41) is 18.5. The Morgan fingerprint density at radius 3 is 2.27 bits per heavy atom. The van der Waals surface area contributed by atoms with Gasteiger partial charge in [0.1, 0.15) is 12.4 Å². The smallest absolute Gasteiger partial charge is 0.335 e. The number of nitrogens with zero attached hydrogens (tertiary/aromatic N) is 1. The number of anilines is 1. The highest BCUT2D eigenvalue weighted by Crippen LogP contribution is 2.38. The zero-order chi connectivity index (χ0) is 23.4. The molecule has 1 aliphatic heterocycles. The monoisotopic (exact) mass is 443 g/mol. The van der Waals surface area contributed by atoms with E-state index in [4.69, 9.17) is 4.74 Å². The third-order valence-corrected chi connectivity index (χ3v) is 6.01. The Kier molecular flexibility index (Phi) is 6.80. The minimum atomic E-state index is -0.944. The second-order valence-corrected chi connectivity index (χ2v) is 8.37. The van der Waals surface area contributed by atoms with Gasteiger partial charge < -0.3 is 19.8 Å². The predicted molar refractivity (Wildman–Crippen MR) is 133 cm³/mol. The van der Waals surface area contributed by atoms with Gasteiger partial charge in [0.05, 0.1) is 12.2 Å². The zero-order valence-electron chi connectivity index (χ0n) is 18.9. The second-order valence-electron chi connectivity index (χ2n) is 8.37. The number of aliphatic hydroxyl groups is 1. The first-order chi connectivity index (χ1) is 16.0. The molecule has 0 amide bonds. The fourth-order valence-corrected chi connectivity index (χ4v) is 4.30. The van der Waals surface area contributed by atoms with Crippen molar-refractivity contribution in [3.8, 4) is 28.0 Å². The Morgan fingerprint density at radius 1 is 0.970 bits per heavy atom. The number of carbonyl (C=O) groups is 1. The molecule has 4 rings (SSSR count). The molecule has 0 atom stereocenters. The lowest BCUT2D eigenvalue weighted by atomic mass is 9.94. The lowest BCUT2D eigenvalue weighted by molar-refractivity contribution is 0.0697. The molecule has 0 radical (unpaired) electrons. The van der Waals surface area contributed by atoms with Gasteiger partial charge in [-0.2, -0.15) is 0 Å². The molecule has 0 bridgehead atoms. The van der Waals surface area contributed by atoms with Crippen LogP contribution in [-0.4, -0.2) is 42.5 Å². The van der Waals surface area contributed by atoms with E-state index in [0.29, 0.717) is 5.75 Å². The van der Waals surface area contributed by atoms with Crippen LogP contribution in [0.3, 0.4) is 0 Å². The molecule has 0 saturated carbocycles. The van der Waals surface area contributed by atoms with Gasteiger partial charge in [0, 0.05) is 29.9 Å². The van der Waals surface area contributed by atoms with Gasteiger partial charge in [0.2, 0.25) is 0 Å². The summed E-state index contributed by atoms with van der Waals surface area (Å²) in [5.41, 5.74) is 7.40. The molecule has 3 aromatic carbocycles. The van der Waals surface area contributed by atoms with Crippen molar-refractivity contribution in [2.45, 2.75) is 19.8 Å². The minimum absolute atomic E-state index is 0.0667. The molecule has 5 nitrogen and oxygen atoms in total. The number of carboxylic acid groups (broad SMARTS) is 1. The van der Waals surface area contributed by atoms with Crippen molar-refractivity contribution in [2.75, 3.05) is 31.2 Å². The van der Waals surface area contributed by atoms with Crippen molar-refractivity contribution in [3.05, 3.63) is 78.4 Å². The highest BCUT2D eigenvalue weighted by atomic mass is 16.5. The van der Waals surface area contributed by atoms with Gasteiger partial charge in [-0.1, -0.05) is 30.8 Å². The number of ether oxygens (including phenoxy) is 1. The number of carboxylic acids is 1. The van der Waals surface area contributed by atoms with Crippen LogP contribution in [0.1, 0.15) is 35.7 Å². The first-order valence-electron chi connectivity index (χ1n) is 11.2. The van der Waals surface area contributed by atoms with Crippen molar-refractivity contribution in [3.63, 3.8) is 0 Å². The maximum absolute atomic E-state index is 11.2. The summed E-state index contributed by atoms with van der Waals surface area (Å²) in [6.45, 7) is 8.51. The van der Waals surface area contributed by atoms with Crippen molar-refractivity contribution in [1.29, 1.82) is 0 Å². The van der Waals surface area contributed by atoms with Gasteiger partial charge in [-0.15, -0.1) is 0 Å². The average molecular weight is 444 g/mol. The number of hydrogen-bond acceptors (Lipinski definition) is 4. The Labute approximate surface area is 194 Å². The van der Waals surface area contributed by atoms with Crippen molar-refractivity contribution < 1.29 is 19.7 Å². The Balaban J connectivity index is 1.78. The Morgan fingerprint density at radius 2 is 1.64 bits per heavy atom. The summed E-state index contributed by atoms with van der Waals surface area (Å²) < 4.78 is 5.85. The quantitative estimate of drug-likeness (QED) is 0.466. The van der Waals surface area contributed by atoms with Gasteiger partial charge in [-0.3, -0.25) is 0 Å². The molecule has 1 aliphatic rings. The molecule has 1 heterocycles. The molecule has 33 heavy (non-hydrogen) atoms. The van der Waals surface area contributed by atoms with Gasteiger partial charge in [-0.25, -0.2) is 4.79 Å². The SMILES string of the molecule is C=C(C)c1cc(-c2cc(-c3ccc(C(=O)O)cc3)ccc2OCCO)ccc1N1CCCC1. The average Bonchev–Trinajstić information content (AvgIpc) is 3.37. The second kappa shape index (κ2) is 9.92. The number of aromatic carboxylic acids is 1. The van der Waals surface area contributed by atoms with Crippen LogP contribution in [0, 0.1) is 0 Å². The molecule has 3 aromatic rings. The number of benzene rings is 3. The van der Waals surface area contributed by atoms with Crippen molar-refractivity contribution >= 4 is 17.2 Å². The molecule has 1 fully saturated rings. The van der Waals surface area contributed by atoms with Gasteiger partial charge >= 0.3 is 5.97 Å². The maximum Gasteiger partial charge on any atom is 0.335 e. The van der Waals surface area contributed by atoms with E-state index >= 15 is 0 Å². The molecule has 170 valence electrons. The first-order valence-corrected chi connectivity index (χ1v) is 11.2. The highest BCUT2D eigenvalue weighted by Gasteiger charge is 2.18. The van der Waals surface area contributed by atoms with Crippen LogP contribution in [0.2, 0.25) is 0 Å². The Hall–Kier alpha value is -3.57. The lowest BCUT2D eigenvalue weighted by Crippen LogP contribution is -2.19. The fourth-order valence-electron chi connectivity index (χ4n) is 4.30. The molecule has 0 aromatic heterocycles. The predicted octanol–water partition coefficient (Wildman–Crippen LogP) is 5.72. The van der Waals surface area contributed by atoms with E-state index in [2.05, 4.69) is 35.7 Å². The van der Waals surface area contributed by atoms with Crippen LogP contribution in [0.25, 0.3) is 27.8 Å². The summed E-state index contributed by atoms with van der Waals surface area (Å²) >= 11 is 0. The number of rotatable bonds is 8. The molecule has 2 N–H and O–H groups in total. The zero-order valence-corrected chi connectivity index (χ0v) is 18.9. The standard InChI is InChI=1S/C28H29NO4/c1-19(2)24-18-23(9-11-26(24)29-13-3-4-14-29)25-17-22(10-12-27(25)33-16-15-30)20-5-7-21(8-6-20)28(31)32/h5-12,17-18,30H,1,3-4,13-16H2,2H3,(H,31,32). The van der Waals surface area contributed by atoms with E-state index in [1.54, 1.807) is 12.1 Å². The number of hydrogen-bond donors (Lipinski definition) is 2. The Bertz CT molecular complexity index is 1160. The third kappa shape index (κ3) is 4.94. The van der Waals surface area contributed by atoms with Crippen LogP contribution in [-0.2, 0) is 0 Å². The summed E-state index contributed by atoms with van der Waals surface area (Å²) in [5.74, 6) is -0.253. The molecule has 0 aliphatic carbocycles. The van der Waals surface area contributed by atoms with Crippen molar-refractivity contribution in [2.24, 2.45) is 0 Å². The summed E-state index contributed by atoms with van der Waals surface area (Å²) in [6, 6.07) is 19.2. The molecule has 0 spiro atoms.